The molecule has 1 saturated heterocycles. The van der Waals surface area contributed by atoms with Crippen LogP contribution in [0, 0.1) is 0 Å². The van der Waals surface area contributed by atoms with Crippen LogP contribution in [-0.2, 0) is 11.3 Å². The summed E-state index contributed by atoms with van der Waals surface area (Å²) >= 11 is 0. The molecule has 1 aliphatic rings. The van der Waals surface area contributed by atoms with Crippen molar-refractivity contribution in [3.63, 3.8) is 0 Å². The standard InChI is InChI=1S/C14H24N4O/c1-2-9-17(11-13-6-3-4-7-15-13)14(19)12-18-10-5-8-16-18/h5,8,10,13,15H,2-4,6-7,9,11-12H2,1H3. The molecular weight excluding hydrogens is 240 g/mol. The van der Waals surface area contributed by atoms with E-state index in [9.17, 15) is 4.79 Å². The number of amides is 1. The lowest BCUT2D eigenvalue weighted by Gasteiger charge is -2.30. The molecule has 1 aromatic heterocycles. The number of nitrogens with zero attached hydrogens (tertiary/aromatic N) is 3. The number of hydrogen-bond acceptors (Lipinski definition) is 3. The predicted molar refractivity (Wildman–Crippen MR) is 74.7 cm³/mol. The number of carbonyl (C=O) groups excluding carboxylic acids is 1. The van der Waals surface area contributed by atoms with Gasteiger partial charge in [-0.3, -0.25) is 9.48 Å². The number of piperidine rings is 1. The summed E-state index contributed by atoms with van der Waals surface area (Å²) in [4.78, 5) is 14.3. The third kappa shape index (κ3) is 4.35. The summed E-state index contributed by atoms with van der Waals surface area (Å²) < 4.78 is 1.69. The van der Waals surface area contributed by atoms with Crippen LogP contribution in [0.2, 0.25) is 0 Å². The van der Waals surface area contributed by atoms with E-state index in [4.69, 9.17) is 0 Å². The Morgan fingerprint density at radius 2 is 2.42 bits per heavy atom. The molecule has 0 aliphatic carbocycles. The van der Waals surface area contributed by atoms with Crippen LogP contribution in [0.15, 0.2) is 18.5 Å². The third-order valence-corrected chi connectivity index (χ3v) is 3.56. The average molecular weight is 264 g/mol. The van der Waals surface area contributed by atoms with Crippen molar-refractivity contribution >= 4 is 5.91 Å². The highest BCUT2D eigenvalue weighted by Crippen LogP contribution is 2.09. The number of nitrogens with one attached hydrogen (secondary N) is 1. The Kier molecular flexibility index (Phi) is 5.39. The summed E-state index contributed by atoms with van der Waals surface area (Å²) in [7, 11) is 0. The molecular formula is C14H24N4O. The molecule has 1 unspecified atom stereocenters. The van der Waals surface area contributed by atoms with Gasteiger partial charge in [0, 0.05) is 31.5 Å². The first-order valence-corrected chi connectivity index (χ1v) is 7.28. The molecule has 1 atom stereocenters. The van der Waals surface area contributed by atoms with Gasteiger partial charge in [0.2, 0.25) is 5.91 Å². The molecule has 19 heavy (non-hydrogen) atoms. The largest absolute Gasteiger partial charge is 0.340 e. The van der Waals surface area contributed by atoms with Crippen molar-refractivity contribution in [2.45, 2.75) is 45.2 Å². The lowest BCUT2D eigenvalue weighted by Crippen LogP contribution is -2.46. The van der Waals surface area contributed by atoms with E-state index in [0.29, 0.717) is 12.6 Å². The zero-order chi connectivity index (χ0) is 13.5. The summed E-state index contributed by atoms with van der Waals surface area (Å²) in [5.74, 6) is 0.165. The molecule has 5 nitrogen and oxygen atoms in total. The maximum atomic E-state index is 12.3. The van der Waals surface area contributed by atoms with Gasteiger partial charge in [-0.1, -0.05) is 13.3 Å². The molecule has 1 fully saturated rings. The maximum absolute atomic E-state index is 12.3. The SMILES string of the molecule is CCCN(CC1CCCCN1)C(=O)Cn1cccn1. The first-order valence-electron chi connectivity index (χ1n) is 7.28. The van der Waals surface area contributed by atoms with E-state index >= 15 is 0 Å². The lowest BCUT2D eigenvalue weighted by atomic mass is 10.0. The highest BCUT2D eigenvalue weighted by molar-refractivity contribution is 5.75. The zero-order valence-electron chi connectivity index (χ0n) is 11.7. The second-order valence-corrected chi connectivity index (χ2v) is 5.19. The molecule has 0 spiro atoms. The first kappa shape index (κ1) is 14.1. The van der Waals surface area contributed by atoms with Crippen LogP contribution >= 0.6 is 0 Å². The Bertz CT molecular complexity index is 371. The normalized spacial score (nSPS) is 19.3. The molecule has 1 amide bonds. The van der Waals surface area contributed by atoms with Crippen molar-refractivity contribution in [3.05, 3.63) is 18.5 Å². The fraction of sp³-hybridized carbons (Fsp3) is 0.714. The fourth-order valence-electron chi connectivity index (χ4n) is 2.57. The van der Waals surface area contributed by atoms with Crippen molar-refractivity contribution in [3.8, 4) is 0 Å². The van der Waals surface area contributed by atoms with Gasteiger partial charge in [0.15, 0.2) is 0 Å². The monoisotopic (exact) mass is 264 g/mol. The quantitative estimate of drug-likeness (QED) is 0.841. The van der Waals surface area contributed by atoms with Gasteiger partial charge in [-0.2, -0.15) is 5.10 Å². The van der Waals surface area contributed by atoms with Crippen LogP contribution < -0.4 is 5.32 Å². The van der Waals surface area contributed by atoms with Gasteiger partial charge in [-0.05, 0) is 31.9 Å². The highest BCUT2D eigenvalue weighted by atomic mass is 16.2. The van der Waals surface area contributed by atoms with E-state index in [1.807, 2.05) is 17.2 Å². The molecule has 2 rings (SSSR count). The molecule has 1 aromatic rings. The minimum atomic E-state index is 0.165. The molecule has 0 saturated carbocycles. The molecule has 0 radical (unpaired) electrons. The minimum absolute atomic E-state index is 0.165. The van der Waals surface area contributed by atoms with Crippen LogP contribution in [0.3, 0.4) is 0 Å². The van der Waals surface area contributed by atoms with Crippen LogP contribution in [0.5, 0.6) is 0 Å². The fourth-order valence-corrected chi connectivity index (χ4v) is 2.57. The summed E-state index contributed by atoms with van der Waals surface area (Å²) in [5, 5.41) is 7.60. The first-order chi connectivity index (χ1) is 9.29. The van der Waals surface area contributed by atoms with Crippen molar-refractivity contribution in [2.75, 3.05) is 19.6 Å². The molecule has 1 aliphatic heterocycles. The zero-order valence-corrected chi connectivity index (χ0v) is 11.7. The molecule has 0 aromatic carbocycles. The van der Waals surface area contributed by atoms with Crippen LogP contribution in [0.4, 0.5) is 0 Å². The number of rotatable bonds is 6. The minimum Gasteiger partial charge on any atom is -0.340 e. The molecule has 106 valence electrons. The van der Waals surface area contributed by atoms with E-state index in [1.165, 1.54) is 19.3 Å². The number of hydrogen-bond donors (Lipinski definition) is 1. The van der Waals surface area contributed by atoms with Gasteiger partial charge in [0.25, 0.3) is 0 Å². The summed E-state index contributed by atoms with van der Waals surface area (Å²) in [6.45, 7) is 5.20. The van der Waals surface area contributed by atoms with Crippen LogP contribution in [0.1, 0.15) is 32.6 Å². The Morgan fingerprint density at radius 3 is 3.05 bits per heavy atom. The summed E-state index contributed by atoms with van der Waals surface area (Å²) in [6.07, 6.45) is 8.24. The topological polar surface area (TPSA) is 50.2 Å². The average Bonchev–Trinajstić information content (AvgIpc) is 2.92. The van der Waals surface area contributed by atoms with E-state index in [1.54, 1.807) is 10.9 Å². The van der Waals surface area contributed by atoms with Gasteiger partial charge < -0.3 is 10.2 Å². The van der Waals surface area contributed by atoms with Crippen molar-refractivity contribution in [2.24, 2.45) is 0 Å². The van der Waals surface area contributed by atoms with Gasteiger partial charge >= 0.3 is 0 Å². The van der Waals surface area contributed by atoms with E-state index in [0.717, 1.165) is 26.1 Å². The summed E-state index contributed by atoms with van der Waals surface area (Å²) in [6, 6.07) is 2.31. The molecule has 5 heteroatoms. The third-order valence-electron chi connectivity index (χ3n) is 3.56. The van der Waals surface area contributed by atoms with Gasteiger partial charge in [-0.25, -0.2) is 0 Å². The van der Waals surface area contributed by atoms with Gasteiger partial charge in [0.05, 0.1) is 0 Å². The van der Waals surface area contributed by atoms with Gasteiger partial charge in [-0.15, -0.1) is 0 Å². The lowest BCUT2D eigenvalue weighted by molar-refractivity contribution is -0.132. The predicted octanol–water partition coefficient (Wildman–Crippen LogP) is 1.26. The maximum Gasteiger partial charge on any atom is 0.244 e. The molecule has 1 N–H and O–H groups in total. The Balaban J connectivity index is 1.88. The van der Waals surface area contributed by atoms with E-state index in [2.05, 4.69) is 17.3 Å². The van der Waals surface area contributed by atoms with Crippen LogP contribution in [0.25, 0.3) is 0 Å². The second-order valence-electron chi connectivity index (χ2n) is 5.19. The Morgan fingerprint density at radius 1 is 1.53 bits per heavy atom. The van der Waals surface area contributed by atoms with Gasteiger partial charge in [0.1, 0.15) is 6.54 Å². The van der Waals surface area contributed by atoms with Crippen molar-refractivity contribution in [1.29, 1.82) is 0 Å². The van der Waals surface area contributed by atoms with Crippen LogP contribution in [-0.4, -0.2) is 46.3 Å². The molecule has 0 bridgehead atoms. The number of carbonyl (C=O) groups is 1. The van der Waals surface area contributed by atoms with Crippen molar-refractivity contribution < 1.29 is 4.79 Å². The van der Waals surface area contributed by atoms with Crippen molar-refractivity contribution in [1.82, 2.24) is 20.0 Å². The summed E-state index contributed by atoms with van der Waals surface area (Å²) in [5.41, 5.74) is 0. The second kappa shape index (κ2) is 7.28. The highest BCUT2D eigenvalue weighted by Gasteiger charge is 2.20. The molecule has 2 heterocycles. The van der Waals surface area contributed by atoms with E-state index < -0.39 is 0 Å². The Labute approximate surface area is 115 Å². The Hall–Kier alpha value is -1.36. The number of aromatic nitrogens is 2. The smallest absolute Gasteiger partial charge is 0.244 e. The van der Waals surface area contributed by atoms with E-state index in [-0.39, 0.29) is 5.91 Å².